The molecular formula is C15H15N3OS. The van der Waals surface area contributed by atoms with E-state index in [1.165, 1.54) is 17.3 Å². The lowest BCUT2D eigenvalue weighted by atomic mass is 10.2. The fraction of sp³-hybridized carbons (Fsp3) is 0.0667. The number of hydrogen-bond donors (Lipinski definition) is 2. The number of nitrogens with two attached hydrogens (primary N) is 1. The molecule has 20 heavy (non-hydrogen) atoms. The van der Waals surface area contributed by atoms with Crippen LogP contribution in [0.3, 0.4) is 0 Å². The summed E-state index contributed by atoms with van der Waals surface area (Å²) < 4.78 is 0. The number of hydrogen-bond acceptors (Lipinski definition) is 4. The van der Waals surface area contributed by atoms with Gasteiger partial charge in [-0.3, -0.25) is 0 Å². The van der Waals surface area contributed by atoms with Crippen LogP contribution in [0.5, 0.6) is 5.75 Å². The molecule has 5 heteroatoms. The molecule has 0 fully saturated rings. The molecule has 0 aliphatic carbocycles. The maximum Gasteiger partial charge on any atom is 0.180 e. The minimum absolute atomic E-state index is 0.226. The van der Waals surface area contributed by atoms with Crippen LogP contribution in [0.15, 0.2) is 64.8 Å². The number of aromatic hydroxyl groups is 1. The summed E-state index contributed by atoms with van der Waals surface area (Å²) in [5, 5.41) is 17.4. The van der Waals surface area contributed by atoms with Gasteiger partial charge in [-0.25, -0.2) is 0 Å². The highest BCUT2D eigenvalue weighted by Crippen LogP contribution is 2.11. The van der Waals surface area contributed by atoms with Crippen molar-refractivity contribution in [3.05, 3.63) is 65.7 Å². The third-order valence-electron chi connectivity index (χ3n) is 2.49. The molecule has 0 spiro atoms. The Morgan fingerprint density at radius 1 is 1.10 bits per heavy atom. The van der Waals surface area contributed by atoms with Crippen LogP contribution < -0.4 is 5.73 Å². The van der Waals surface area contributed by atoms with Crippen molar-refractivity contribution in [2.75, 3.05) is 0 Å². The van der Waals surface area contributed by atoms with Crippen LogP contribution in [0.2, 0.25) is 0 Å². The van der Waals surface area contributed by atoms with E-state index in [2.05, 4.69) is 10.2 Å². The van der Waals surface area contributed by atoms with Crippen molar-refractivity contribution in [2.45, 2.75) is 5.75 Å². The minimum Gasteiger partial charge on any atom is -0.508 e. The quantitative estimate of drug-likeness (QED) is 0.515. The predicted octanol–water partition coefficient (Wildman–Crippen LogP) is 2.97. The topological polar surface area (TPSA) is 71.0 Å². The third kappa shape index (κ3) is 4.78. The van der Waals surface area contributed by atoms with E-state index < -0.39 is 0 Å². The van der Waals surface area contributed by atoms with Crippen molar-refractivity contribution in [3.63, 3.8) is 0 Å². The first-order valence-corrected chi connectivity index (χ1v) is 7.05. The monoisotopic (exact) mass is 285 g/mol. The van der Waals surface area contributed by atoms with Crippen molar-refractivity contribution in [1.29, 1.82) is 0 Å². The van der Waals surface area contributed by atoms with Gasteiger partial charge in [-0.2, -0.15) is 5.10 Å². The van der Waals surface area contributed by atoms with Gasteiger partial charge in [-0.15, -0.1) is 5.10 Å². The first-order valence-electron chi connectivity index (χ1n) is 6.06. The van der Waals surface area contributed by atoms with E-state index in [0.29, 0.717) is 5.17 Å². The maximum atomic E-state index is 9.15. The predicted molar refractivity (Wildman–Crippen MR) is 85.1 cm³/mol. The Balaban J connectivity index is 1.86. The zero-order valence-corrected chi connectivity index (χ0v) is 11.6. The highest BCUT2D eigenvalue weighted by Gasteiger charge is 1.95. The Morgan fingerprint density at radius 2 is 1.80 bits per heavy atom. The summed E-state index contributed by atoms with van der Waals surface area (Å²) >= 11 is 1.44. The van der Waals surface area contributed by atoms with Gasteiger partial charge in [0.1, 0.15) is 5.75 Å². The fourth-order valence-corrected chi connectivity index (χ4v) is 2.09. The number of amidine groups is 1. The largest absolute Gasteiger partial charge is 0.508 e. The summed E-state index contributed by atoms with van der Waals surface area (Å²) in [7, 11) is 0. The molecule has 0 radical (unpaired) electrons. The highest BCUT2D eigenvalue weighted by molar-refractivity contribution is 8.13. The van der Waals surface area contributed by atoms with E-state index in [-0.39, 0.29) is 5.75 Å². The number of phenols is 1. The number of phenolic OH excluding ortho intramolecular Hbond substituents is 1. The van der Waals surface area contributed by atoms with Crippen molar-refractivity contribution < 1.29 is 5.11 Å². The lowest BCUT2D eigenvalue weighted by Gasteiger charge is -1.99. The lowest BCUT2D eigenvalue weighted by molar-refractivity contribution is 0.475. The zero-order chi connectivity index (χ0) is 14.2. The van der Waals surface area contributed by atoms with E-state index in [1.54, 1.807) is 30.5 Å². The molecule has 0 saturated carbocycles. The Hall–Kier alpha value is -2.27. The number of thioether (sulfide) groups is 1. The van der Waals surface area contributed by atoms with E-state index in [4.69, 9.17) is 10.8 Å². The number of benzene rings is 2. The molecule has 2 rings (SSSR count). The molecule has 0 bridgehead atoms. The molecule has 102 valence electrons. The van der Waals surface area contributed by atoms with E-state index in [9.17, 15) is 0 Å². The second-order valence-electron chi connectivity index (χ2n) is 4.05. The lowest BCUT2D eigenvalue weighted by Crippen LogP contribution is -2.05. The smallest absolute Gasteiger partial charge is 0.180 e. The standard InChI is InChI=1S/C15H15N3OS/c16-15(20-11-13-4-2-1-3-5-13)18-17-10-12-6-8-14(19)9-7-12/h1-10,19H,11H2,(H2,16,18). The van der Waals surface area contributed by atoms with Crippen LogP contribution in [0.25, 0.3) is 0 Å². The van der Waals surface area contributed by atoms with Crippen LogP contribution >= 0.6 is 11.8 Å². The van der Waals surface area contributed by atoms with Gasteiger partial charge in [0.05, 0.1) is 6.21 Å². The van der Waals surface area contributed by atoms with Gasteiger partial charge in [0.15, 0.2) is 5.17 Å². The highest BCUT2D eigenvalue weighted by atomic mass is 32.2. The molecule has 3 N–H and O–H groups in total. The molecule has 0 aliphatic rings. The van der Waals surface area contributed by atoms with Crippen molar-refractivity contribution in [2.24, 2.45) is 15.9 Å². The fourth-order valence-electron chi connectivity index (χ4n) is 1.47. The van der Waals surface area contributed by atoms with Crippen LogP contribution in [0.1, 0.15) is 11.1 Å². The average Bonchev–Trinajstić information content (AvgIpc) is 2.48. The van der Waals surface area contributed by atoms with Gasteiger partial charge in [0.25, 0.3) is 0 Å². The summed E-state index contributed by atoms with van der Waals surface area (Å²) in [6.45, 7) is 0. The van der Waals surface area contributed by atoms with Crippen molar-refractivity contribution >= 4 is 23.1 Å². The molecule has 2 aromatic carbocycles. The first kappa shape index (κ1) is 14.1. The summed E-state index contributed by atoms with van der Waals surface area (Å²) in [4.78, 5) is 0. The number of nitrogens with zero attached hydrogens (tertiary/aromatic N) is 2. The SMILES string of the molecule is NC(=NN=Cc1ccc(O)cc1)SCc1ccccc1. The van der Waals surface area contributed by atoms with Gasteiger partial charge >= 0.3 is 0 Å². The summed E-state index contributed by atoms with van der Waals surface area (Å²) in [5.74, 6) is 0.994. The van der Waals surface area contributed by atoms with Crippen molar-refractivity contribution in [3.8, 4) is 5.75 Å². The minimum atomic E-state index is 0.226. The number of rotatable bonds is 4. The van der Waals surface area contributed by atoms with Crippen molar-refractivity contribution in [1.82, 2.24) is 0 Å². The molecule has 2 aromatic rings. The second kappa shape index (κ2) is 7.35. The van der Waals surface area contributed by atoms with Crippen LogP contribution in [-0.4, -0.2) is 16.5 Å². The van der Waals surface area contributed by atoms with Crippen LogP contribution in [-0.2, 0) is 5.75 Å². The van der Waals surface area contributed by atoms with Crippen LogP contribution in [0.4, 0.5) is 0 Å². The third-order valence-corrected chi connectivity index (χ3v) is 3.34. The van der Waals surface area contributed by atoms with E-state index >= 15 is 0 Å². The van der Waals surface area contributed by atoms with E-state index in [1.807, 2.05) is 30.3 Å². The Bertz CT molecular complexity index is 594. The van der Waals surface area contributed by atoms with Gasteiger partial charge in [-0.1, -0.05) is 42.1 Å². The Kier molecular flexibility index (Phi) is 5.20. The molecular weight excluding hydrogens is 270 g/mol. The molecule has 0 saturated heterocycles. The van der Waals surface area contributed by atoms with E-state index in [0.717, 1.165) is 11.3 Å². The molecule has 0 heterocycles. The van der Waals surface area contributed by atoms with Gasteiger partial charge in [0, 0.05) is 5.75 Å². The van der Waals surface area contributed by atoms with Gasteiger partial charge in [-0.05, 0) is 35.4 Å². The average molecular weight is 285 g/mol. The van der Waals surface area contributed by atoms with Gasteiger partial charge in [0.2, 0.25) is 0 Å². The van der Waals surface area contributed by atoms with Gasteiger partial charge < -0.3 is 10.8 Å². The Morgan fingerprint density at radius 3 is 2.50 bits per heavy atom. The molecule has 0 unspecified atom stereocenters. The van der Waals surface area contributed by atoms with Crippen LogP contribution in [0, 0.1) is 0 Å². The summed E-state index contributed by atoms with van der Waals surface area (Å²) in [6, 6.07) is 16.7. The molecule has 0 atom stereocenters. The maximum absolute atomic E-state index is 9.15. The normalized spacial score (nSPS) is 11.9. The second-order valence-corrected chi connectivity index (χ2v) is 5.04. The molecule has 0 aliphatic heterocycles. The molecule has 0 amide bonds. The molecule has 4 nitrogen and oxygen atoms in total. The Labute approximate surface area is 122 Å². The summed E-state index contributed by atoms with van der Waals surface area (Å²) in [5.41, 5.74) is 7.82. The zero-order valence-electron chi connectivity index (χ0n) is 10.8. The first-order chi connectivity index (χ1) is 9.74. The summed E-state index contributed by atoms with van der Waals surface area (Å²) in [6.07, 6.45) is 1.59. The molecule has 0 aromatic heterocycles.